The molecule has 2 aromatic rings. The number of hydrogen-bond acceptors (Lipinski definition) is 6. The van der Waals surface area contributed by atoms with Crippen molar-refractivity contribution in [3.05, 3.63) is 18.1 Å². The van der Waals surface area contributed by atoms with Gasteiger partial charge in [0.1, 0.15) is 12.1 Å². The minimum atomic E-state index is 0.610. The zero-order valence-corrected chi connectivity index (χ0v) is 11.3. The van der Waals surface area contributed by atoms with Gasteiger partial charge in [-0.05, 0) is 13.3 Å². The lowest BCUT2D eigenvalue weighted by atomic mass is 10.4. The van der Waals surface area contributed by atoms with Crippen LogP contribution < -0.4 is 5.32 Å². The number of hydrogen-bond donors (Lipinski definition) is 1. The maximum Gasteiger partial charge on any atom is 0.254 e. The Bertz CT molecular complexity index is 514. The predicted molar refractivity (Wildman–Crippen MR) is 71.3 cm³/mol. The smallest absolute Gasteiger partial charge is 0.254 e. The average molecular weight is 265 g/mol. The van der Waals surface area contributed by atoms with E-state index in [2.05, 4.69) is 20.4 Å². The minimum absolute atomic E-state index is 0.610. The summed E-state index contributed by atoms with van der Waals surface area (Å²) in [6.45, 7) is 4.73. The Hall–Kier alpha value is -1.73. The predicted octanol–water partition coefficient (Wildman–Crippen LogP) is 0.898. The maximum absolute atomic E-state index is 5.40. The molecule has 2 rings (SSSR count). The second kappa shape index (κ2) is 7.01. The van der Waals surface area contributed by atoms with Gasteiger partial charge in [-0.3, -0.25) is 0 Å². The summed E-state index contributed by atoms with van der Waals surface area (Å²) in [4.78, 5) is 8.37. The zero-order valence-electron chi connectivity index (χ0n) is 11.3. The summed E-state index contributed by atoms with van der Waals surface area (Å²) in [5.74, 6) is 1.51. The third-order valence-corrected chi connectivity index (χ3v) is 2.58. The summed E-state index contributed by atoms with van der Waals surface area (Å²) >= 11 is 0. The molecule has 0 spiro atoms. The van der Waals surface area contributed by atoms with Crippen molar-refractivity contribution in [1.82, 2.24) is 19.6 Å². The van der Waals surface area contributed by atoms with Gasteiger partial charge in [0.05, 0.1) is 13.2 Å². The molecule has 2 aromatic heterocycles. The lowest BCUT2D eigenvalue weighted by molar-refractivity contribution is 0.0705. The summed E-state index contributed by atoms with van der Waals surface area (Å²) in [5.41, 5.74) is 0.916. The van der Waals surface area contributed by atoms with Gasteiger partial charge in [0.2, 0.25) is 0 Å². The van der Waals surface area contributed by atoms with E-state index >= 15 is 0 Å². The highest BCUT2D eigenvalue weighted by atomic mass is 16.5. The number of methoxy groups -OCH3 is 1. The van der Waals surface area contributed by atoms with Crippen molar-refractivity contribution in [2.45, 2.75) is 13.3 Å². The number of anilines is 1. The van der Waals surface area contributed by atoms with Crippen LogP contribution in [0.5, 0.6) is 0 Å². The Morgan fingerprint density at radius 2 is 2.21 bits per heavy atom. The molecule has 1 N–H and O–H groups in total. The molecule has 0 saturated carbocycles. The summed E-state index contributed by atoms with van der Waals surface area (Å²) in [5, 5.41) is 7.45. The first-order valence-corrected chi connectivity index (χ1v) is 6.29. The summed E-state index contributed by atoms with van der Waals surface area (Å²) in [6.07, 6.45) is 2.42. The van der Waals surface area contributed by atoms with Crippen molar-refractivity contribution in [2.24, 2.45) is 0 Å². The van der Waals surface area contributed by atoms with Gasteiger partial charge in [0.25, 0.3) is 5.78 Å². The van der Waals surface area contributed by atoms with Crippen LogP contribution >= 0.6 is 0 Å². The molecule has 0 aliphatic heterocycles. The lowest BCUT2D eigenvalue weighted by Crippen LogP contribution is -2.11. The molecule has 19 heavy (non-hydrogen) atoms. The molecular formula is C12H19N5O2. The van der Waals surface area contributed by atoms with E-state index in [0.29, 0.717) is 25.6 Å². The number of ether oxygens (including phenoxy) is 2. The van der Waals surface area contributed by atoms with Gasteiger partial charge in [-0.2, -0.15) is 14.6 Å². The first kappa shape index (κ1) is 13.7. The van der Waals surface area contributed by atoms with Crippen molar-refractivity contribution in [3.63, 3.8) is 0 Å². The van der Waals surface area contributed by atoms with E-state index in [1.165, 1.54) is 6.33 Å². The quantitative estimate of drug-likeness (QED) is 0.715. The van der Waals surface area contributed by atoms with Gasteiger partial charge < -0.3 is 14.8 Å². The van der Waals surface area contributed by atoms with Crippen molar-refractivity contribution in [2.75, 3.05) is 38.8 Å². The monoisotopic (exact) mass is 265 g/mol. The number of aromatic nitrogens is 4. The maximum atomic E-state index is 5.40. The van der Waals surface area contributed by atoms with Gasteiger partial charge in [-0.25, -0.2) is 4.98 Å². The lowest BCUT2D eigenvalue weighted by Gasteiger charge is -2.08. The molecule has 7 heteroatoms. The van der Waals surface area contributed by atoms with E-state index in [4.69, 9.17) is 9.47 Å². The molecule has 0 saturated heterocycles. The molecule has 2 heterocycles. The number of aryl methyl sites for hydroxylation is 1. The van der Waals surface area contributed by atoms with Crippen molar-refractivity contribution in [1.29, 1.82) is 0 Å². The van der Waals surface area contributed by atoms with Gasteiger partial charge in [0, 0.05) is 32.0 Å². The number of rotatable bonds is 8. The highest BCUT2D eigenvalue weighted by Crippen LogP contribution is 2.09. The molecule has 0 fully saturated rings. The van der Waals surface area contributed by atoms with Crippen LogP contribution in [-0.2, 0) is 9.47 Å². The molecule has 0 bridgehead atoms. The fourth-order valence-corrected chi connectivity index (χ4v) is 1.69. The van der Waals surface area contributed by atoms with Crippen LogP contribution in [0, 0.1) is 6.92 Å². The summed E-state index contributed by atoms with van der Waals surface area (Å²) < 4.78 is 12.0. The highest BCUT2D eigenvalue weighted by Gasteiger charge is 2.04. The van der Waals surface area contributed by atoms with E-state index in [1.54, 1.807) is 11.6 Å². The third-order valence-electron chi connectivity index (χ3n) is 2.58. The van der Waals surface area contributed by atoms with Crippen LogP contribution in [0.25, 0.3) is 5.78 Å². The Labute approximate surface area is 112 Å². The Morgan fingerprint density at radius 3 is 3.05 bits per heavy atom. The highest BCUT2D eigenvalue weighted by molar-refractivity contribution is 5.44. The normalized spacial score (nSPS) is 11.1. The molecule has 0 amide bonds. The molecule has 0 aliphatic rings. The minimum Gasteiger partial charge on any atom is -0.382 e. The molecule has 0 atom stereocenters. The van der Waals surface area contributed by atoms with Gasteiger partial charge in [0.15, 0.2) is 0 Å². The average Bonchev–Trinajstić information content (AvgIpc) is 2.85. The molecule has 0 unspecified atom stereocenters. The molecule has 0 radical (unpaired) electrons. The van der Waals surface area contributed by atoms with E-state index < -0.39 is 0 Å². The Morgan fingerprint density at radius 1 is 1.32 bits per heavy atom. The van der Waals surface area contributed by atoms with Crippen LogP contribution in [0.15, 0.2) is 12.4 Å². The topological polar surface area (TPSA) is 73.6 Å². The van der Waals surface area contributed by atoms with Crippen molar-refractivity contribution in [3.8, 4) is 0 Å². The van der Waals surface area contributed by atoms with Crippen LogP contribution in [0.3, 0.4) is 0 Å². The van der Waals surface area contributed by atoms with E-state index in [9.17, 15) is 0 Å². The third kappa shape index (κ3) is 3.87. The fraction of sp³-hybridized carbons (Fsp3) is 0.583. The fourth-order valence-electron chi connectivity index (χ4n) is 1.69. The number of fused-ring (bicyclic) bond motifs is 1. The van der Waals surface area contributed by atoms with Crippen molar-refractivity contribution < 1.29 is 9.47 Å². The number of nitrogens with zero attached hydrogens (tertiary/aromatic N) is 4. The molecular weight excluding hydrogens is 246 g/mol. The second-order valence-corrected chi connectivity index (χ2v) is 4.14. The molecule has 7 nitrogen and oxygen atoms in total. The Balaban J connectivity index is 1.79. The van der Waals surface area contributed by atoms with Crippen LogP contribution in [-0.4, -0.2) is 53.1 Å². The first-order chi connectivity index (χ1) is 9.31. The van der Waals surface area contributed by atoms with Crippen LogP contribution in [0.2, 0.25) is 0 Å². The SMILES string of the molecule is COCCOCCCNc1cc(C)nc2ncnn12. The molecule has 0 aromatic carbocycles. The first-order valence-electron chi connectivity index (χ1n) is 6.29. The zero-order chi connectivity index (χ0) is 13.5. The Kier molecular flexibility index (Phi) is 5.05. The van der Waals surface area contributed by atoms with Gasteiger partial charge in [-0.15, -0.1) is 0 Å². The van der Waals surface area contributed by atoms with Gasteiger partial charge >= 0.3 is 0 Å². The largest absolute Gasteiger partial charge is 0.382 e. The van der Waals surface area contributed by atoms with E-state index in [0.717, 1.165) is 24.5 Å². The van der Waals surface area contributed by atoms with Crippen molar-refractivity contribution >= 4 is 11.6 Å². The van der Waals surface area contributed by atoms with Gasteiger partial charge in [-0.1, -0.05) is 0 Å². The summed E-state index contributed by atoms with van der Waals surface area (Å²) in [6, 6.07) is 1.95. The standard InChI is InChI=1S/C12H19N5O2/c1-10-8-11(17-12(16-10)14-9-15-17)13-4-3-5-19-7-6-18-2/h8-9,13H,3-7H2,1-2H3. The second-order valence-electron chi connectivity index (χ2n) is 4.14. The molecule has 0 aliphatic carbocycles. The molecule has 104 valence electrons. The van der Waals surface area contributed by atoms with Crippen LogP contribution in [0.1, 0.15) is 12.1 Å². The van der Waals surface area contributed by atoms with E-state index in [-0.39, 0.29) is 0 Å². The summed E-state index contributed by atoms with van der Waals surface area (Å²) in [7, 11) is 1.67. The number of nitrogens with one attached hydrogen (secondary N) is 1. The van der Waals surface area contributed by atoms with E-state index in [1.807, 2.05) is 13.0 Å². The van der Waals surface area contributed by atoms with Crippen LogP contribution in [0.4, 0.5) is 5.82 Å².